The van der Waals surface area contributed by atoms with Crippen molar-refractivity contribution in [2.75, 3.05) is 0 Å². The van der Waals surface area contributed by atoms with Gasteiger partial charge in [0.1, 0.15) is 5.41 Å². The van der Waals surface area contributed by atoms with Crippen LogP contribution in [0, 0.1) is 12.3 Å². The molecule has 0 fully saturated rings. The van der Waals surface area contributed by atoms with Crippen LogP contribution in [0.4, 0.5) is 0 Å². The van der Waals surface area contributed by atoms with Gasteiger partial charge in [-0.25, -0.2) is 0 Å². The van der Waals surface area contributed by atoms with E-state index in [4.69, 9.17) is 10.9 Å². The maximum absolute atomic E-state index is 12.4. The second-order valence-electron chi connectivity index (χ2n) is 4.48. The van der Waals surface area contributed by atoms with Gasteiger partial charge in [0.15, 0.2) is 5.84 Å². The average molecular weight is 283 g/mol. The Labute approximate surface area is 117 Å². The molecule has 0 saturated carbocycles. The van der Waals surface area contributed by atoms with Gasteiger partial charge in [-0.05, 0) is 36.8 Å². The van der Waals surface area contributed by atoms with Crippen LogP contribution in [0.1, 0.15) is 37.1 Å². The predicted octanol–water partition coefficient (Wildman–Crippen LogP) is 2.23. The average Bonchev–Trinajstić information content (AvgIpc) is 2.83. The Morgan fingerprint density at radius 2 is 2.16 bits per heavy atom. The van der Waals surface area contributed by atoms with Crippen LogP contribution in [0.15, 0.2) is 16.6 Å². The van der Waals surface area contributed by atoms with Crippen molar-refractivity contribution in [1.82, 2.24) is 5.32 Å². The third kappa shape index (κ3) is 3.07. The molecule has 0 atom stereocenters. The topological polar surface area (TPSA) is 87.7 Å². The molecular weight excluding hydrogens is 262 g/mol. The molecule has 6 heteroatoms. The summed E-state index contributed by atoms with van der Waals surface area (Å²) in [6.07, 6.45) is 0.989. The van der Waals surface area contributed by atoms with E-state index in [0.717, 1.165) is 10.4 Å². The second kappa shape index (κ2) is 6.56. The largest absolute Gasteiger partial charge is 0.409 e. The number of carbonyl (C=O) groups is 1. The summed E-state index contributed by atoms with van der Waals surface area (Å²) in [7, 11) is 0. The van der Waals surface area contributed by atoms with Crippen LogP contribution in [0.3, 0.4) is 0 Å². The molecule has 106 valence electrons. The Hall–Kier alpha value is -1.56. The molecule has 0 aliphatic rings. The van der Waals surface area contributed by atoms with E-state index in [1.165, 1.54) is 0 Å². The van der Waals surface area contributed by atoms with E-state index in [-0.39, 0.29) is 11.7 Å². The molecule has 1 aromatic heterocycles. The van der Waals surface area contributed by atoms with Crippen molar-refractivity contribution >= 4 is 23.1 Å². The van der Waals surface area contributed by atoms with E-state index in [1.807, 2.05) is 32.2 Å². The summed E-state index contributed by atoms with van der Waals surface area (Å²) >= 11 is 1.61. The number of hydrogen-bond acceptors (Lipinski definition) is 4. The van der Waals surface area contributed by atoms with E-state index in [1.54, 1.807) is 11.3 Å². The maximum Gasteiger partial charge on any atom is 0.234 e. The Balaban J connectivity index is 2.82. The fraction of sp³-hybridized carbons (Fsp3) is 0.538. The number of nitrogens with one attached hydrogen (secondary N) is 1. The molecule has 0 spiro atoms. The number of rotatable bonds is 6. The van der Waals surface area contributed by atoms with Gasteiger partial charge < -0.3 is 16.3 Å². The van der Waals surface area contributed by atoms with Gasteiger partial charge in [-0.2, -0.15) is 0 Å². The van der Waals surface area contributed by atoms with Crippen LogP contribution in [0.5, 0.6) is 0 Å². The van der Waals surface area contributed by atoms with E-state index < -0.39 is 5.41 Å². The first-order valence-corrected chi connectivity index (χ1v) is 7.19. The number of thiophene rings is 1. The fourth-order valence-corrected chi connectivity index (χ4v) is 2.91. The molecular formula is C13H21N3O2S. The highest BCUT2D eigenvalue weighted by Crippen LogP contribution is 2.27. The first-order valence-electron chi connectivity index (χ1n) is 6.31. The zero-order valence-electron chi connectivity index (χ0n) is 11.6. The van der Waals surface area contributed by atoms with Crippen LogP contribution < -0.4 is 11.1 Å². The molecule has 0 saturated heterocycles. The van der Waals surface area contributed by atoms with Crippen LogP contribution in [0.2, 0.25) is 0 Å². The highest BCUT2D eigenvalue weighted by molar-refractivity contribution is 7.10. The minimum atomic E-state index is -0.931. The number of amidine groups is 1. The first kappa shape index (κ1) is 15.5. The number of nitrogens with two attached hydrogens (primary N) is 1. The lowest BCUT2D eigenvalue weighted by molar-refractivity contribution is -0.128. The van der Waals surface area contributed by atoms with Crippen LogP contribution in [-0.4, -0.2) is 17.0 Å². The molecule has 1 amide bonds. The van der Waals surface area contributed by atoms with Gasteiger partial charge in [0.05, 0.1) is 6.54 Å². The fourth-order valence-electron chi connectivity index (χ4n) is 2.06. The molecule has 0 aliphatic carbocycles. The minimum absolute atomic E-state index is 0.0297. The molecule has 5 nitrogen and oxygen atoms in total. The SMILES string of the molecule is CCC(CC)(C(=O)NCc1sccc1C)C(N)=NO. The van der Waals surface area contributed by atoms with Gasteiger partial charge in [0.2, 0.25) is 5.91 Å². The van der Waals surface area contributed by atoms with Gasteiger partial charge in [-0.3, -0.25) is 4.79 Å². The van der Waals surface area contributed by atoms with Crippen molar-refractivity contribution in [2.45, 2.75) is 40.2 Å². The highest BCUT2D eigenvalue weighted by atomic mass is 32.1. The van der Waals surface area contributed by atoms with Gasteiger partial charge in [-0.15, -0.1) is 11.3 Å². The summed E-state index contributed by atoms with van der Waals surface area (Å²) in [5, 5.41) is 16.8. The van der Waals surface area contributed by atoms with Crippen molar-refractivity contribution in [3.63, 3.8) is 0 Å². The third-order valence-electron chi connectivity index (χ3n) is 3.62. The van der Waals surface area contributed by atoms with Gasteiger partial charge in [0, 0.05) is 4.88 Å². The molecule has 0 aromatic carbocycles. The van der Waals surface area contributed by atoms with Crippen molar-refractivity contribution in [2.24, 2.45) is 16.3 Å². The first-order chi connectivity index (χ1) is 9.01. The number of oxime groups is 1. The minimum Gasteiger partial charge on any atom is -0.409 e. The van der Waals surface area contributed by atoms with E-state index in [2.05, 4.69) is 10.5 Å². The third-order valence-corrected chi connectivity index (χ3v) is 4.64. The summed E-state index contributed by atoms with van der Waals surface area (Å²) in [5.74, 6) is -0.224. The van der Waals surface area contributed by atoms with Crippen molar-refractivity contribution in [1.29, 1.82) is 0 Å². The van der Waals surface area contributed by atoms with Crippen molar-refractivity contribution in [3.8, 4) is 0 Å². The Kier molecular flexibility index (Phi) is 5.35. The summed E-state index contributed by atoms with van der Waals surface area (Å²) in [4.78, 5) is 13.5. The summed E-state index contributed by atoms with van der Waals surface area (Å²) in [6.45, 7) is 6.20. The number of aryl methyl sites for hydroxylation is 1. The molecule has 19 heavy (non-hydrogen) atoms. The lowest BCUT2D eigenvalue weighted by Crippen LogP contribution is -2.49. The number of amides is 1. The molecule has 1 rings (SSSR count). The molecule has 0 aliphatic heterocycles. The zero-order chi connectivity index (χ0) is 14.5. The summed E-state index contributed by atoms with van der Waals surface area (Å²) < 4.78 is 0. The normalized spacial score (nSPS) is 12.5. The maximum atomic E-state index is 12.4. The Bertz CT molecular complexity index is 464. The highest BCUT2D eigenvalue weighted by Gasteiger charge is 2.39. The number of carbonyl (C=O) groups excluding carboxylic acids is 1. The Morgan fingerprint density at radius 1 is 1.53 bits per heavy atom. The van der Waals surface area contributed by atoms with Gasteiger partial charge in [0.25, 0.3) is 0 Å². The van der Waals surface area contributed by atoms with Crippen LogP contribution >= 0.6 is 11.3 Å². The van der Waals surface area contributed by atoms with E-state index >= 15 is 0 Å². The van der Waals surface area contributed by atoms with Gasteiger partial charge >= 0.3 is 0 Å². The smallest absolute Gasteiger partial charge is 0.234 e. The lowest BCUT2D eigenvalue weighted by Gasteiger charge is -2.28. The lowest BCUT2D eigenvalue weighted by atomic mass is 9.80. The molecule has 0 bridgehead atoms. The van der Waals surface area contributed by atoms with Crippen LogP contribution in [-0.2, 0) is 11.3 Å². The predicted molar refractivity (Wildman–Crippen MR) is 77.3 cm³/mol. The number of hydrogen-bond donors (Lipinski definition) is 3. The molecule has 1 heterocycles. The van der Waals surface area contributed by atoms with E-state index in [0.29, 0.717) is 19.4 Å². The van der Waals surface area contributed by atoms with Crippen molar-refractivity contribution in [3.05, 3.63) is 21.9 Å². The molecule has 4 N–H and O–H groups in total. The van der Waals surface area contributed by atoms with Crippen molar-refractivity contribution < 1.29 is 10.0 Å². The zero-order valence-corrected chi connectivity index (χ0v) is 12.4. The number of nitrogens with zero attached hydrogens (tertiary/aromatic N) is 1. The molecule has 0 radical (unpaired) electrons. The van der Waals surface area contributed by atoms with E-state index in [9.17, 15) is 4.79 Å². The molecule has 0 unspecified atom stereocenters. The summed E-state index contributed by atoms with van der Waals surface area (Å²) in [5.41, 5.74) is 5.92. The second-order valence-corrected chi connectivity index (χ2v) is 5.48. The Morgan fingerprint density at radius 3 is 2.58 bits per heavy atom. The summed E-state index contributed by atoms with van der Waals surface area (Å²) in [6, 6.07) is 2.02. The quantitative estimate of drug-likeness (QED) is 0.324. The van der Waals surface area contributed by atoms with Crippen LogP contribution in [0.25, 0.3) is 0 Å². The standard InChI is InChI=1S/C13H21N3O2S/c1-4-13(5-2,11(14)16-18)12(17)15-8-10-9(3)6-7-19-10/h6-7,18H,4-5,8H2,1-3H3,(H2,14,16)(H,15,17). The monoisotopic (exact) mass is 283 g/mol. The van der Waals surface area contributed by atoms with Gasteiger partial charge in [-0.1, -0.05) is 19.0 Å². The molecule has 1 aromatic rings.